The zero-order chi connectivity index (χ0) is 22.4. The van der Waals surface area contributed by atoms with Crippen molar-refractivity contribution < 1.29 is 43.0 Å². The van der Waals surface area contributed by atoms with Crippen LogP contribution in [0.25, 0.3) is 0 Å². The molecule has 30 heavy (non-hydrogen) atoms. The molecule has 2 rings (SSSR count). The van der Waals surface area contributed by atoms with E-state index in [4.69, 9.17) is 19.3 Å². The molecule has 0 saturated heterocycles. The van der Waals surface area contributed by atoms with E-state index in [1.54, 1.807) is 0 Å². The number of hydrogen-bond donors (Lipinski definition) is 5. The molecule has 5 N–H and O–H groups in total. The molecule has 12 heteroatoms. The molecule has 0 unspecified atom stereocenters. The molecule has 1 aromatic carbocycles. The van der Waals surface area contributed by atoms with Gasteiger partial charge < -0.3 is 35.0 Å². The highest BCUT2D eigenvalue weighted by Crippen LogP contribution is 2.38. The van der Waals surface area contributed by atoms with E-state index in [-0.39, 0.29) is 25.7 Å². The molecule has 0 bridgehead atoms. The van der Waals surface area contributed by atoms with Crippen LogP contribution >= 0.6 is 7.82 Å². The van der Waals surface area contributed by atoms with Crippen LogP contribution in [-0.4, -0.2) is 59.3 Å². The average molecular weight is 446 g/mol. The van der Waals surface area contributed by atoms with Crippen molar-refractivity contribution in [2.24, 2.45) is 5.41 Å². The molecule has 0 saturated carbocycles. The Bertz CT molecular complexity index is 809. The van der Waals surface area contributed by atoms with E-state index in [0.717, 1.165) is 5.56 Å². The number of carbonyl (C=O) groups excluding carboxylic acids is 2. The van der Waals surface area contributed by atoms with Crippen LogP contribution in [-0.2, 0) is 25.1 Å². The molecule has 2 amide bonds. The van der Waals surface area contributed by atoms with Gasteiger partial charge in [0.2, 0.25) is 18.6 Å². The lowest BCUT2D eigenvalue weighted by molar-refractivity contribution is -0.137. The van der Waals surface area contributed by atoms with Crippen LogP contribution in [0.2, 0.25) is 0 Å². The number of aliphatic hydroxyl groups is 1. The molecule has 0 fully saturated rings. The van der Waals surface area contributed by atoms with E-state index in [0.29, 0.717) is 24.5 Å². The normalized spacial score (nSPS) is 14.3. The van der Waals surface area contributed by atoms with Gasteiger partial charge in [0.05, 0.1) is 6.61 Å². The average Bonchev–Trinajstić information content (AvgIpc) is 3.13. The molecule has 0 aliphatic carbocycles. The molecule has 1 atom stereocenters. The lowest BCUT2D eigenvalue weighted by Gasteiger charge is -2.29. The van der Waals surface area contributed by atoms with Crippen molar-refractivity contribution in [3.63, 3.8) is 0 Å². The van der Waals surface area contributed by atoms with Gasteiger partial charge in [0.1, 0.15) is 6.10 Å². The summed E-state index contributed by atoms with van der Waals surface area (Å²) in [6, 6.07) is 5.56. The number of rotatable bonds is 11. The van der Waals surface area contributed by atoms with Gasteiger partial charge in [-0.3, -0.25) is 14.1 Å². The summed E-state index contributed by atoms with van der Waals surface area (Å²) in [6.45, 7) is 2.94. The third-order valence-electron chi connectivity index (χ3n) is 4.42. The van der Waals surface area contributed by atoms with E-state index in [1.807, 2.05) is 18.2 Å². The molecule has 1 aliphatic heterocycles. The van der Waals surface area contributed by atoms with Crippen molar-refractivity contribution in [2.75, 3.05) is 26.5 Å². The highest BCUT2D eigenvalue weighted by molar-refractivity contribution is 7.46. The van der Waals surface area contributed by atoms with Crippen molar-refractivity contribution in [3.05, 3.63) is 23.8 Å². The number of phosphoric acid groups is 1. The second kappa shape index (κ2) is 10.2. The summed E-state index contributed by atoms with van der Waals surface area (Å²) < 4.78 is 25.7. The van der Waals surface area contributed by atoms with E-state index in [2.05, 4.69) is 15.2 Å². The Hall–Kier alpha value is -2.17. The number of nitrogens with one attached hydrogen (secondary N) is 2. The van der Waals surface area contributed by atoms with Gasteiger partial charge in [-0.2, -0.15) is 0 Å². The molecule has 1 heterocycles. The van der Waals surface area contributed by atoms with Gasteiger partial charge in [-0.05, 0) is 24.1 Å². The van der Waals surface area contributed by atoms with Crippen LogP contribution in [0.4, 0.5) is 0 Å². The third-order valence-corrected chi connectivity index (χ3v) is 4.88. The van der Waals surface area contributed by atoms with E-state index < -0.39 is 31.9 Å². The number of ether oxygens (including phenoxy) is 2. The highest BCUT2D eigenvalue weighted by Gasteiger charge is 2.35. The van der Waals surface area contributed by atoms with Gasteiger partial charge in [0, 0.05) is 24.9 Å². The first kappa shape index (κ1) is 24.1. The number of fused-ring (bicyclic) bond motifs is 1. The van der Waals surface area contributed by atoms with Crippen molar-refractivity contribution in [2.45, 2.75) is 32.8 Å². The second-order valence-electron chi connectivity index (χ2n) is 7.48. The van der Waals surface area contributed by atoms with Crippen LogP contribution < -0.4 is 20.1 Å². The summed E-state index contributed by atoms with van der Waals surface area (Å²) in [5, 5.41) is 15.2. The fraction of sp³-hybridized carbons (Fsp3) is 0.556. The Morgan fingerprint density at radius 1 is 1.20 bits per heavy atom. The zero-order valence-corrected chi connectivity index (χ0v) is 17.7. The molecule has 168 valence electrons. The fourth-order valence-corrected chi connectivity index (χ4v) is 3.11. The van der Waals surface area contributed by atoms with Crippen LogP contribution in [0.5, 0.6) is 11.5 Å². The van der Waals surface area contributed by atoms with Crippen molar-refractivity contribution in [1.82, 2.24) is 10.6 Å². The number of hydrogen-bond acceptors (Lipinski definition) is 7. The summed E-state index contributed by atoms with van der Waals surface area (Å²) in [7, 11) is -4.71. The van der Waals surface area contributed by atoms with E-state index in [1.165, 1.54) is 13.8 Å². The van der Waals surface area contributed by atoms with Crippen LogP contribution in [0.1, 0.15) is 25.8 Å². The first-order valence-electron chi connectivity index (χ1n) is 9.29. The summed E-state index contributed by atoms with van der Waals surface area (Å²) >= 11 is 0. The highest BCUT2D eigenvalue weighted by atomic mass is 31.2. The maximum Gasteiger partial charge on any atom is 0.469 e. The van der Waals surface area contributed by atoms with Crippen LogP contribution in [0.3, 0.4) is 0 Å². The van der Waals surface area contributed by atoms with Crippen LogP contribution in [0.15, 0.2) is 18.2 Å². The number of aliphatic hydroxyl groups excluding tert-OH is 1. The van der Waals surface area contributed by atoms with Crippen LogP contribution in [0, 0.1) is 5.41 Å². The number of phosphoric ester groups is 1. The maximum absolute atomic E-state index is 12.0. The smallest absolute Gasteiger partial charge is 0.454 e. The van der Waals surface area contributed by atoms with E-state index in [9.17, 15) is 19.3 Å². The summed E-state index contributed by atoms with van der Waals surface area (Å²) in [5.74, 6) is 0.337. The first-order chi connectivity index (χ1) is 14.0. The molecule has 1 aromatic rings. The molecule has 11 nitrogen and oxygen atoms in total. The van der Waals surface area contributed by atoms with Gasteiger partial charge in [0.15, 0.2) is 11.5 Å². The second-order valence-corrected chi connectivity index (χ2v) is 8.72. The minimum atomic E-state index is -4.71. The van der Waals surface area contributed by atoms with E-state index >= 15 is 0 Å². The molecule has 0 radical (unpaired) electrons. The van der Waals surface area contributed by atoms with Gasteiger partial charge in [-0.25, -0.2) is 4.57 Å². The molecule has 1 aliphatic rings. The Morgan fingerprint density at radius 3 is 2.60 bits per heavy atom. The number of amides is 2. The zero-order valence-electron chi connectivity index (χ0n) is 16.8. The minimum absolute atomic E-state index is 0.00117. The largest absolute Gasteiger partial charge is 0.469 e. The predicted octanol–water partition coefficient (Wildman–Crippen LogP) is 0.0767. The number of carbonyl (C=O) groups is 2. The minimum Gasteiger partial charge on any atom is -0.454 e. The Kier molecular flexibility index (Phi) is 8.22. The standard InChI is InChI=1S/C18H27N2O9P/c1-18(2,10-29-30(24,25)26)16(22)17(23)20-8-6-15(21)19-7-5-12-3-4-13-14(9-12)28-11-27-13/h3-4,9,16,22H,5-8,10-11H2,1-2H3,(H,19,21)(H,20,23)(H2,24,25,26)/t16-/m0/s1. The summed E-state index contributed by atoms with van der Waals surface area (Å²) in [4.78, 5) is 41.4. The Labute approximate surface area is 174 Å². The lowest BCUT2D eigenvalue weighted by Crippen LogP contribution is -2.46. The molecular weight excluding hydrogens is 419 g/mol. The van der Waals surface area contributed by atoms with Crippen molar-refractivity contribution in [3.8, 4) is 11.5 Å². The van der Waals surface area contributed by atoms with Crippen molar-refractivity contribution in [1.29, 1.82) is 0 Å². The summed E-state index contributed by atoms with van der Waals surface area (Å²) in [6.07, 6.45) is -0.960. The first-order valence-corrected chi connectivity index (χ1v) is 10.8. The predicted molar refractivity (Wildman–Crippen MR) is 105 cm³/mol. The SMILES string of the molecule is CC(C)(COP(=O)(O)O)[C@@H](O)C(=O)NCCC(=O)NCCc1ccc2c(c1)OCO2. The molecular formula is C18H27N2O9P. The third kappa shape index (κ3) is 7.58. The Balaban J connectivity index is 1.65. The maximum atomic E-state index is 12.0. The monoisotopic (exact) mass is 446 g/mol. The number of benzene rings is 1. The topological polar surface area (TPSA) is 164 Å². The van der Waals surface area contributed by atoms with Gasteiger partial charge in [-0.15, -0.1) is 0 Å². The summed E-state index contributed by atoms with van der Waals surface area (Å²) in [5.41, 5.74) is -0.256. The molecule has 0 aromatic heterocycles. The van der Waals surface area contributed by atoms with Gasteiger partial charge in [-0.1, -0.05) is 19.9 Å². The molecule has 0 spiro atoms. The fourth-order valence-electron chi connectivity index (χ4n) is 2.61. The quantitative estimate of drug-likeness (QED) is 0.296. The van der Waals surface area contributed by atoms with Gasteiger partial charge in [0.25, 0.3) is 0 Å². The lowest BCUT2D eigenvalue weighted by atomic mass is 9.87. The van der Waals surface area contributed by atoms with Gasteiger partial charge >= 0.3 is 7.82 Å². The Morgan fingerprint density at radius 2 is 1.90 bits per heavy atom. The van der Waals surface area contributed by atoms with Crippen molar-refractivity contribution >= 4 is 19.6 Å².